The van der Waals surface area contributed by atoms with E-state index in [1.165, 1.54) is 0 Å². The van der Waals surface area contributed by atoms with Crippen molar-refractivity contribution < 1.29 is 0 Å². The Bertz CT molecular complexity index is 210. The Morgan fingerprint density at radius 2 is 2.08 bits per heavy atom. The number of nitrogens with zero attached hydrogens (tertiary/aromatic N) is 1. The van der Waals surface area contributed by atoms with Gasteiger partial charge in [0.05, 0.1) is 6.07 Å². The highest BCUT2D eigenvalue weighted by Gasteiger charge is 2.48. The molecule has 0 aromatic heterocycles. The van der Waals surface area contributed by atoms with Crippen LogP contribution >= 0.6 is 0 Å². The Labute approximate surface area is 74.8 Å². The first-order valence-corrected chi connectivity index (χ1v) is 4.57. The average Bonchev–Trinajstić information content (AvgIpc) is 2.13. The summed E-state index contributed by atoms with van der Waals surface area (Å²) >= 11 is 0. The Balaban J connectivity index is 2.80. The van der Waals surface area contributed by atoms with Crippen molar-refractivity contribution in [1.82, 2.24) is 0 Å². The van der Waals surface area contributed by atoms with Gasteiger partial charge in [0.1, 0.15) is 0 Å². The van der Waals surface area contributed by atoms with Crippen molar-refractivity contribution >= 4 is 0 Å². The van der Waals surface area contributed by atoms with Gasteiger partial charge in [0, 0.05) is 12.0 Å². The van der Waals surface area contributed by atoms with E-state index in [0.717, 1.165) is 12.8 Å². The maximum absolute atomic E-state index is 8.64. The van der Waals surface area contributed by atoms with Gasteiger partial charge in [0.2, 0.25) is 0 Å². The molecule has 0 unspecified atom stereocenters. The molecule has 1 rings (SSSR count). The first kappa shape index (κ1) is 9.54. The molecule has 0 aliphatic heterocycles. The van der Waals surface area contributed by atoms with Crippen molar-refractivity contribution in [2.75, 3.05) is 0 Å². The van der Waals surface area contributed by atoms with E-state index >= 15 is 0 Å². The highest BCUT2D eigenvalue weighted by atomic mass is 14.8. The molecule has 68 valence electrons. The van der Waals surface area contributed by atoms with Gasteiger partial charge in [-0.25, -0.2) is 0 Å². The van der Waals surface area contributed by atoms with Crippen LogP contribution in [0.25, 0.3) is 0 Å². The summed E-state index contributed by atoms with van der Waals surface area (Å²) in [6.45, 7) is 6.47. The summed E-state index contributed by atoms with van der Waals surface area (Å²) in [5.74, 6) is 0.484. The summed E-state index contributed by atoms with van der Waals surface area (Å²) in [4.78, 5) is 0. The zero-order chi connectivity index (χ0) is 9.41. The number of nitrogens with two attached hydrogens (primary N) is 1. The third kappa shape index (κ3) is 1.23. The number of hydrogen-bond donors (Lipinski definition) is 1. The lowest BCUT2D eigenvalue weighted by Gasteiger charge is -2.38. The van der Waals surface area contributed by atoms with Crippen LogP contribution < -0.4 is 5.73 Å². The van der Waals surface area contributed by atoms with Crippen LogP contribution in [0.1, 0.15) is 40.0 Å². The van der Waals surface area contributed by atoms with Crippen LogP contribution in [0, 0.1) is 22.7 Å². The molecule has 0 aromatic rings. The van der Waals surface area contributed by atoms with Gasteiger partial charge in [0.15, 0.2) is 0 Å². The van der Waals surface area contributed by atoms with E-state index < -0.39 is 0 Å². The Kier molecular flexibility index (Phi) is 2.18. The quantitative estimate of drug-likeness (QED) is 0.648. The molecule has 1 fully saturated rings. The van der Waals surface area contributed by atoms with Gasteiger partial charge in [-0.2, -0.15) is 5.26 Å². The minimum Gasteiger partial charge on any atom is -0.325 e. The standard InChI is InChI=1S/C10H18N2/c1-9(2)8(5-7-11)4-6-10(9,3)12/h8H,4-6,12H2,1-3H3/t8-,10-/m1/s1. The monoisotopic (exact) mass is 166 g/mol. The second-order valence-corrected chi connectivity index (χ2v) is 4.74. The maximum Gasteiger partial charge on any atom is 0.0624 e. The molecular formula is C10H18N2. The van der Waals surface area contributed by atoms with Crippen molar-refractivity contribution in [2.24, 2.45) is 17.1 Å². The van der Waals surface area contributed by atoms with Crippen LogP contribution in [0.4, 0.5) is 0 Å². The van der Waals surface area contributed by atoms with Gasteiger partial charge in [0.25, 0.3) is 0 Å². The molecule has 2 N–H and O–H groups in total. The van der Waals surface area contributed by atoms with E-state index in [-0.39, 0.29) is 11.0 Å². The molecule has 1 aliphatic carbocycles. The highest BCUT2D eigenvalue weighted by Crippen LogP contribution is 2.49. The highest BCUT2D eigenvalue weighted by molar-refractivity contribution is 5.05. The molecule has 2 atom stereocenters. The predicted octanol–water partition coefficient (Wildman–Crippen LogP) is 2.05. The Morgan fingerprint density at radius 1 is 1.50 bits per heavy atom. The third-order valence-electron chi connectivity index (χ3n) is 3.84. The molecule has 1 aliphatic rings. The van der Waals surface area contributed by atoms with E-state index in [4.69, 9.17) is 11.0 Å². The Morgan fingerprint density at radius 3 is 2.42 bits per heavy atom. The molecular weight excluding hydrogens is 148 g/mol. The van der Waals surface area contributed by atoms with Crippen LogP contribution in [0.2, 0.25) is 0 Å². The number of nitriles is 1. The van der Waals surface area contributed by atoms with Gasteiger partial charge < -0.3 is 5.73 Å². The van der Waals surface area contributed by atoms with Crippen molar-refractivity contribution in [3.05, 3.63) is 0 Å². The van der Waals surface area contributed by atoms with E-state index in [1.807, 2.05) is 0 Å². The largest absolute Gasteiger partial charge is 0.325 e. The van der Waals surface area contributed by atoms with Gasteiger partial charge in [-0.15, -0.1) is 0 Å². The summed E-state index contributed by atoms with van der Waals surface area (Å²) in [6, 6.07) is 2.25. The van der Waals surface area contributed by atoms with Crippen LogP contribution in [0.15, 0.2) is 0 Å². The topological polar surface area (TPSA) is 49.8 Å². The summed E-state index contributed by atoms with van der Waals surface area (Å²) in [5, 5.41) is 8.64. The van der Waals surface area contributed by atoms with Gasteiger partial charge in [-0.1, -0.05) is 13.8 Å². The molecule has 2 heteroatoms. The van der Waals surface area contributed by atoms with Crippen LogP contribution in [-0.2, 0) is 0 Å². The van der Waals surface area contributed by atoms with Crippen molar-refractivity contribution in [3.63, 3.8) is 0 Å². The van der Waals surface area contributed by atoms with Crippen molar-refractivity contribution in [1.29, 1.82) is 5.26 Å². The molecule has 1 saturated carbocycles. The fourth-order valence-electron chi connectivity index (χ4n) is 2.09. The van der Waals surface area contributed by atoms with Crippen LogP contribution in [0.5, 0.6) is 0 Å². The molecule has 0 amide bonds. The van der Waals surface area contributed by atoms with E-state index in [2.05, 4.69) is 26.8 Å². The average molecular weight is 166 g/mol. The van der Waals surface area contributed by atoms with Crippen LogP contribution in [0.3, 0.4) is 0 Å². The summed E-state index contributed by atoms with van der Waals surface area (Å²) in [6.07, 6.45) is 2.81. The molecule has 0 aromatic carbocycles. The van der Waals surface area contributed by atoms with Crippen molar-refractivity contribution in [3.8, 4) is 6.07 Å². The molecule has 2 nitrogen and oxygen atoms in total. The first-order chi connectivity index (χ1) is 5.42. The van der Waals surface area contributed by atoms with Gasteiger partial charge in [-0.05, 0) is 31.1 Å². The molecule has 0 bridgehead atoms. The molecule has 0 heterocycles. The maximum atomic E-state index is 8.64. The zero-order valence-electron chi connectivity index (χ0n) is 8.22. The van der Waals surface area contributed by atoms with E-state index in [9.17, 15) is 0 Å². The number of hydrogen-bond acceptors (Lipinski definition) is 2. The number of rotatable bonds is 1. The van der Waals surface area contributed by atoms with Crippen molar-refractivity contribution in [2.45, 2.75) is 45.6 Å². The normalized spacial score (nSPS) is 39.4. The lowest BCUT2D eigenvalue weighted by molar-refractivity contribution is 0.167. The second kappa shape index (κ2) is 2.74. The zero-order valence-corrected chi connectivity index (χ0v) is 8.22. The summed E-state index contributed by atoms with van der Waals surface area (Å²) in [7, 11) is 0. The van der Waals surface area contributed by atoms with E-state index in [1.54, 1.807) is 0 Å². The summed E-state index contributed by atoms with van der Waals surface area (Å²) in [5.41, 5.74) is 6.19. The molecule has 12 heavy (non-hydrogen) atoms. The minimum absolute atomic E-state index is 0.0888. The second-order valence-electron chi connectivity index (χ2n) is 4.74. The first-order valence-electron chi connectivity index (χ1n) is 4.57. The molecule has 0 radical (unpaired) electrons. The molecule has 0 saturated heterocycles. The molecule has 0 spiro atoms. The third-order valence-corrected chi connectivity index (χ3v) is 3.84. The van der Waals surface area contributed by atoms with E-state index in [0.29, 0.717) is 12.3 Å². The lowest BCUT2D eigenvalue weighted by Crippen LogP contribution is -2.47. The van der Waals surface area contributed by atoms with Crippen LogP contribution in [-0.4, -0.2) is 5.54 Å². The lowest BCUT2D eigenvalue weighted by atomic mass is 9.71. The Hall–Kier alpha value is -0.550. The smallest absolute Gasteiger partial charge is 0.0624 e. The fourth-order valence-corrected chi connectivity index (χ4v) is 2.09. The van der Waals surface area contributed by atoms with Gasteiger partial charge in [-0.3, -0.25) is 0 Å². The minimum atomic E-state index is -0.0888. The predicted molar refractivity (Wildman–Crippen MR) is 49.3 cm³/mol. The SMILES string of the molecule is CC1(C)[C@@H](CC#N)CC[C@@]1(C)N. The summed E-state index contributed by atoms with van der Waals surface area (Å²) < 4.78 is 0. The van der Waals surface area contributed by atoms with Gasteiger partial charge >= 0.3 is 0 Å². The fraction of sp³-hybridized carbons (Fsp3) is 0.900.